The Labute approximate surface area is 94.9 Å². The van der Waals surface area contributed by atoms with Gasteiger partial charge in [0.2, 0.25) is 0 Å². The number of rotatable bonds is 0. The van der Waals surface area contributed by atoms with Crippen molar-refractivity contribution in [2.75, 3.05) is 0 Å². The summed E-state index contributed by atoms with van der Waals surface area (Å²) < 4.78 is 0. The van der Waals surface area contributed by atoms with Crippen LogP contribution in [0.3, 0.4) is 0 Å². The maximum atomic E-state index is 0. The quantitative estimate of drug-likeness (QED) is 0.544. The van der Waals surface area contributed by atoms with Crippen LogP contribution in [0, 0.1) is 0 Å². The molecule has 0 radical (unpaired) electrons. The van der Waals surface area contributed by atoms with Crippen molar-refractivity contribution in [3.8, 4) is 0 Å². The van der Waals surface area contributed by atoms with Crippen LogP contribution >= 0.6 is 84.9 Å². The lowest BCUT2D eigenvalue weighted by Crippen LogP contribution is -0.290. The Kier molecular flexibility index (Phi) is 1420. The topological polar surface area (TPSA) is 63.0 Å². The van der Waals surface area contributed by atoms with Gasteiger partial charge in [-0.2, -0.15) is 0 Å². The van der Waals surface area contributed by atoms with Crippen molar-refractivity contribution in [3.63, 3.8) is 0 Å². The molecular formula is H9Br5O2. The maximum Gasteiger partial charge on any atom is -0.114 e. The van der Waals surface area contributed by atoms with E-state index >= 15 is 0 Å². The summed E-state index contributed by atoms with van der Waals surface area (Å²) in [5, 5.41) is 0. The molecule has 0 unspecified atom stereocenters. The van der Waals surface area contributed by atoms with Crippen molar-refractivity contribution >= 4 is 84.9 Å². The molecule has 0 aliphatic heterocycles. The molecule has 0 aliphatic rings. The van der Waals surface area contributed by atoms with Crippen LogP contribution in [0.5, 0.6) is 0 Å². The monoisotopic (exact) mass is 436 g/mol. The van der Waals surface area contributed by atoms with Crippen LogP contribution in [0.1, 0.15) is 0 Å². The molecule has 0 atom stereocenters. The molecule has 2 nitrogen and oxygen atoms in total. The van der Waals surface area contributed by atoms with Gasteiger partial charge in [-0.15, -0.1) is 84.9 Å². The summed E-state index contributed by atoms with van der Waals surface area (Å²) in [4.78, 5) is 0. The second kappa shape index (κ2) is 82.8. The Morgan fingerprint density at radius 3 is 0.286 bits per heavy atom. The second-order valence-corrected chi connectivity index (χ2v) is 0. The molecule has 0 heterocycles. The van der Waals surface area contributed by atoms with Gasteiger partial charge in [-0.1, -0.05) is 0 Å². The molecule has 0 aromatic rings. The Morgan fingerprint density at radius 2 is 0.286 bits per heavy atom. The number of hydrogen-bond acceptors (Lipinski definition) is 0. The van der Waals surface area contributed by atoms with Gasteiger partial charge in [0.05, 0.1) is 0 Å². The molecule has 0 aliphatic carbocycles. The molecule has 0 aromatic heterocycles. The number of halogens is 5. The third kappa shape index (κ3) is 61.7. The largest absolute Gasteiger partial charge is 0.412 e. The average molecular weight is 441 g/mol. The van der Waals surface area contributed by atoms with Gasteiger partial charge >= 0.3 is 0 Å². The maximum absolute atomic E-state index is 0. The fraction of sp³-hybridized carbons (Fsp3) is 0. The van der Waals surface area contributed by atoms with Gasteiger partial charge in [-0.3, -0.25) is 0 Å². The molecule has 0 fully saturated rings. The zero-order valence-electron chi connectivity index (χ0n) is 3.04. The van der Waals surface area contributed by atoms with Crippen molar-refractivity contribution in [1.82, 2.24) is 0 Å². The molecule has 0 spiro atoms. The van der Waals surface area contributed by atoms with E-state index in [1.165, 1.54) is 0 Å². The van der Waals surface area contributed by atoms with Gasteiger partial charge in [0.15, 0.2) is 0 Å². The first-order valence-electron chi connectivity index (χ1n) is 0. The van der Waals surface area contributed by atoms with Crippen LogP contribution in [0.15, 0.2) is 0 Å². The highest BCUT2D eigenvalue weighted by atomic mass is 79.9. The molecule has 0 bridgehead atoms. The normalized spacial score (nSPS) is 0. The Morgan fingerprint density at radius 1 is 0.286 bits per heavy atom. The summed E-state index contributed by atoms with van der Waals surface area (Å²) in [5.74, 6) is 0. The van der Waals surface area contributed by atoms with E-state index in [1.54, 1.807) is 0 Å². The molecule has 7 heteroatoms. The van der Waals surface area contributed by atoms with Crippen LogP contribution in [0.2, 0.25) is 0 Å². The molecule has 0 saturated heterocycles. The Bertz CT molecular complexity index is 6.04. The van der Waals surface area contributed by atoms with Crippen LogP contribution in [-0.4, -0.2) is 11.0 Å². The first kappa shape index (κ1) is 120. The fourth-order valence-electron chi connectivity index (χ4n) is 0. The van der Waals surface area contributed by atoms with Crippen LogP contribution < -0.4 is 0 Å². The zero-order valence-corrected chi connectivity index (χ0v) is 11.6. The van der Waals surface area contributed by atoms with E-state index in [4.69, 9.17) is 0 Å². The highest BCUT2D eigenvalue weighted by molar-refractivity contribution is 8.93. The van der Waals surface area contributed by atoms with Crippen molar-refractivity contribution in [2.24, 2.45) is 0 Å². The third-order valence-electron chi connectivity index (χ3n) is 0. The average Bonchev–Trinajstić information content (AvgIpc) is 0. The SMILES string of the molecule is Br.Br.Br.Br.Br.O.O. The van der Waals surface area contributed by atoms with Crippen LogP contribution in [-0.2, 0) is 0 Å². The first-order valence-corrected chi connectivity index (χ1v) is 0. The van der Waals surface area contributed by atoms with Crippen molar-refractivity contribution in [1.29, 1.82) is 0 Å². The molecule has 56 valence electrons. The van der Waals surface area contributed by atoms with Crippen molar-refractivity contribution < 1.29 is 11.0 Å². The standard InChI is InChI=1S/5BrH.2H2O/h5*1H;2*1H2. The predicted molar refractivity (Wildman–Crippen MR) is 58.8 cm³/mol. The molecule has 0 aromatic carbocycles. The summed E-state index contributed by atoms with van der Waals surface area (Å²) in [6, 6.07) is 0. The summed E-state index contributed by atoms with van der Waals surface area (Å²) in [6.45, 7) is 0. The van der Waals surface area contributed by atoms with Gasteiger partial charge in [-0.25, -0.2) is 0 Å². The summed E-state index contributed by atoms with van der Waals surface area (Å²) >= 11 is 0. The van der Waals surface area contributed by atoms with Crippen LogP contribution in [0.25, 0.3) is 0 Å². The predicted octanol–water partition coefficient (Wildman–Crippen LogP) is 1.24. The minimum absolute atomic E-state index is 0. The molecule has 0 amide bonds. The van der Waals surface area contributed by atoms with Crippen LogP contribution in [0.4, 0.5) is 0 Å². The molecule has 0 rings (SSSR count). The summed E-state index contributed by atoms with van der Waals surface area (Å²) in [5.41, 5.74) is 0. The van der Waals surface area contributed by atoms with E-state index in [-0.39, 0.29) is 95.9 Å². The molecule has 7 heavy (non-hydrogen) atoms. The Hall–Kier alpha value is 2.32. The van der Waals surface area contributed by atoms with Gasteiger partial charge in [-0.05, 0) is 0 Å². The minimum atomic E-state index is 0. The fourth-order valence-corrected chi connectivity index (χ4v) is 0. The highest BCUT2D eigenvalue weighted by Crippen LogP contribution is 0.850. The van der Waals surface area contributed by atoms with Gasteiger partial charge < -0.3 is 11.0 Å². The third-order valence-corrected chi connectivity index (χ3v) is 0. The molecular weight excluding hydrogens is 432 g/mol. The second-order valence-electron chi connectivity index (χ2n) is 0. The smallest absolute Gasteiger partial charge is 0.114 e. The van der Waals surface area contributed by atoms with Gasteiger partial charge in [0, 0.05) is 0 Å². The Balaban J connectivity index is 0. The highest BCUT2D eigenvalue weighted by Gasteiger charge is -0.110. The lowest BCUT2D eigenvalue weighted by Gasteiger charge is -0.413. The van der Waals surface area contributed by atoms with E-state index in [9.17, 15) is 0 Å². The molecule has 4 N–H and O–H groups in total. The lowest BCUT2D eigenvalue weighted by molar-refractivity contribution is 0.823. The summed E-state index contributed by atoms with van der Waals surface area (Å²) in [6.07, 6.45) is 0. The van der Waals surface area contributed by atoms with E-state index in [0.717, 1.165) is 0 Å². The number of hydrogen-bond donors (Lipinski definition) is 0. The van der Waals surface area contributed by atoms with Gasteiger partial charge in [0.1, 0.15) is 0 Å². The van der Waals surface area contributed by atoms with E-state index in [2.05, 4.69) is 0 Å². The van der Waals surface area contributed by atoms with Crippen molar-refractivity contribution in [2.45, 2.75) is 0 Å². The zero-order chi connectivity index (χ0) is 0. The first-order chi connectivity index (χ1) is 0. The summed E-state index contributed by atoms with van der Waals surface area (Å²) in [7, 11) is 0. The van der Waals surface area contributed by atoms with Crippen molar-refractivity contribution in [3.05, 3.63) is 0 Å². The molecule has 0 saturated carbocycles. The lowest BCUT2D eigenvalue weighted by atomic mass is 16.0. The minimum Gasteiger partial charge on any atom is -0.412 e. The van der Waals surface area contributed by atoms with E-state index in [1.807, 2.05) is 0 Å². The van der Waals surface area contributed by atoms with E-state index < -0.39 is 0 Å². The van der Waals surface area contributed by atoms with Gasteiger partial charge in [0.25, 0.3) is 0 Å². The van der Waals surface area contributed by atoms with E-state index in [0.29, 0.717) is 0 Å².